The van der Waals surface area contributed by atoms with E-state index < -0.39 is 0 Å². The molecule has 0 saturated heterocycles. The summed E-state index contributed by atoms with van der Waals surface area (Å²) in [4.78, 5) is 1.19. The van der Waals surface area contributed by atoms with Crippen LogP contribution in [-0.2, 0) is 12.3 Å². The third-order valence-electron chi connectivity index (χ3n) is 2.65. The van der Waals surface area contributed by atoms with Crippen LogP contribution in [-0.4, -0.2) is 20.2 Å². The van der Waals surface area contributed by atoms with Gasteiger partial charge >= 0.3 is 0 Å². The maximum atomic E-state index is 5.80. The molecule has 0 atom stereocenters. The van der Waals surface area contributed by atoms with Crippen LogP contribution in [0.4, 0.5) is 5.69 Å². The Morgan fingerprint density at radius 2 is 2.22 bits per heavy atom. The molecule has 0 fully saturated rings. The van der Waals surface area contributed by atoms with Crippen LogP contribution >= 0.6 is 11.8 Å². The van der Waals surface area contributed by atoms with Crippen molar-refractivity contribution in [1.29, 1.82) is 0 Å². The van der Waals surface area contributed by atoms with Crippen LogP contribution in [0.3, 0.4) is 0 Å². The molecule has 1 heterocycles. The summed E-state index contributed by atoms with van der Waals surface area (Å²) in [6.07, 6.45) is 1.03. The van der Waals surface area contributed by atoms with Crippen molar-refractivity contribution in [1.82, 2.24) is 20.2 Å². The number of benzene rings is 1. The molecule has 0 bridgehead atoms. The van der Waals surface area contributed by atoms with Gasteiger partial charge in [0, 0.05) is 17.1 Å². The van der Waals surface area contributed by atoms with E-state index in [1.165, 1.54) is 4.90 Å². The van der Waals surface area contributed by atoms with E-state index in [9.17, 15) is 0 Å². The maximum Gasteiger partial charge on any atom is 0.161 e. The molecule has 0 aliphatic heterocycles. The van der Waals surface area contributed by atoms with Crippen molar-refractivity contribution >= 4 is 17.4 Å². The van der Waals surface area contributed by atoms with Gasteiger partial charge < -0.3 is 5.73 Å². The monoisotopic (exact) mass is 263 g/mol. The normalized spacial score (nSPS) is 10.8. The average Bonchev–Trinajstić information content (AvgIpc) is 2.79. The highest BCUT2D eigenvalue weighted by Gasteiger charge is 2.06. The Labute approximate surface area is 111 Å². The second kappa shape index (κ2) is 5.86. The molecule has 0 aliphatic carbocycles. The second-order valence-corrected chi connectivity index (χ2v) is 5.17. The highest BCUT2D eigenvalue weighted by Crippen LogP contribution is 2.24. The number of nitrogen functional groups attached to an aromatic ring is 1. The molecule has 0 unspecified atom stereocenters. The minimum absolute atomic E-state index is 0.774. The van der Waals surface area contributed by atoms with Gasteiger partial charge in [0.1, 0.15) is 0 Å². The molecule has 2 N–H and O–H groups in total. The number of aromatic nitrogens is 4. The lowest BCUT2D eigenvalue weighted by Gasteiger charge is -2.05. The molecule has 0 saturated carbocycles. The summed E-state index contributed by atoms with van der Waals surface area (Å²) in [5, 5.41) is 11.7. The summed E-state index contributed by atoms with van der Waals surface area (Å²) in [5.74, 6) is 1.69. The van der Waals surface area contributed by atoms with Crippen LogP contribution < -0.4 is 5.73 Å². The van der Waals surface area contributed by atoms with Gasteiger partial charge in [0.25, 0.3) is 0 Å². The lowest BCUT2D eigenvalue weighted by atomic mass is 10.2. The number of nitrogens with two attached hydrogens (primary N) is 1. The Bertz CT molecular complexity index is 523. The van der Waals surface area contributed by atoms with Gasteiger partial charge in [-0.2, -0.15) is 0 Å². The predicted octanol–water partition coefficient (Wildman–Crippen LogP) is 2.27. The van der Waals surface area contributed by atoms with Crippen molar-refractivity contribution in [3.05, 3.63) is 29.6 Å². The number of thioether (sulfide) groups is 1. The zero-order chi connectivity index (χ0) is 13.0. The van der Waals surface area contributed by atoms with Crippen molar-refractivity contribution < 1.29 is 0 Å². The van der Waals surface area contributed by atoms with Gasteiger partial charge in [-0.15, -0.1) is 16.9 Å². The smallest absolute Gasteiger partial charge is 0.161 e. The summed E-state index contributed by atoms with van der Waals surface area (Å²) >= 11 is 1.72. The molecule has 0 spiro atoms. The van der Waals surface area contributed by atoms with Crippen molar-refractivity contribution in [2.75, 3.05) is 5.73 Å². The highest BCUT2D eigenvalue weighted by atomic mass is 32.2. The number of hydrogen-bond acceptors (Lipinski definition) is 5. The van der Waals surface area contributed by atoms with Crippen molar-refractivity contribution in [2.45, 2.75) is 37.5 Å². The van der Waals surface area contributed by atoms with E-state index in [1.54, 1.807) is 11.8 Å². The zero-order valence-electron chi connectivity index (χ0n) is 10.6. The highest BCUT2D eigenvalue weighted by molar-refractivity contribution is 7.98. The summed E-state index contributed by atoms with van der Waals surface area (Å²) in [6.45, 7) is 4.99. The fourth-order valence-corrected chi connectivity index (χ4v) is 2.52. The third-order valence-corrected chi connectivity index (χ3v) is 3.64. The Hall–Kier alpha value is -1.56. The molecule has 0 aliphatic rings. The first-order valence-electron chi connectivity index (χ1n) is 5.94. The first-order chi connectivity index (χ1) is 8.70. The summed E-state index contributed by atoms with van der Waals surface area (Å²) in [6, 6.07) is 6.06. The van der Waals surface area contributed by atoms with Crippen LogP contribution in [0.25, 0.3) is 0 Å². The first-order valence-corrected chi connectivity index (χ1v) is 6.93. The van der Waals surface area contributed by atoms with Gasteiger partial charge in [0.2, 0.25) is 0 Å². The molecule has 1 aromatic heterocycles. The number of rotatable bonds is 5. The number of anilines is 1. The standard InChI is InChI=1S/C12H17N5S/c1-3-6-17-12(14-15-16-17)8-18-10-4-5-11(13)9(2)7-10/h4-5,7H,3,6,8,13H2,1-2H3. The van der Waals surface area contributed by atoms with E-state index in [2.05, 4.69) is 28.5 Å². The van der Waals surface area contributed by atoms with E-state index in [1.807, 2.05) is 23.7 Å². The average molecular weight is 263 g/mol. The minimum Gasteiger partial charge on any atom is -0.399 e. The van der Waals surface area contributed by atoms with Gasteiger partial charge in [-0.3, -0.25) is 0 Å². The fraction of sp³-hybridized carbons (Fsp3) is 0.417. The summed E-state index contributed by atoms with van der Waals surface area (Å²) in [7, 11) is 0. The Morgan fingerprint density at radius 3 is 2.94 bits per heavy atom. The van der Waals surface area contributed by atoms with Crippen LogP contribution in [0, 0.1) is 6.92 Å². The van der Waals surface area contributed by atoms with Gasteiger partial charge in [-0.05, 0) is 47.5 Å². The topological polar surface area (TPSA) is 69.6 Å². The Morgan fingerprint density at radius 1 is 1.39 bits per heavy atom. The van der Waals surface area contributed by atoms with Crippen LogP contribution in [0.5, 0.6) is 0 Å². The number of aryl methyl sites for hydroxylation is 2. The molecule has 96 valence electrons. The lowest BCUT2D eigenvalue weighted by molar-refractivity contribution is 0.564. The molecule has 0 amide bonds. The number of nitrogens with zero attached hydrogens (tertiary/aromatic N) is 4. The largest absolute Gasteiger partial charge is 0.399 e. The molecule has 18 heavy (non-hydrogen) atoms. The maximum absolute atomic E-state index is 5.80. The van der Waals surface area contributed by atoms with Gasteiger partial charge in [-0.25, -0.2) is 4.68 Å². The third kappa shape index (κ3) is 3.01. The lowest BCUT2D eigenvalue weighted by Crippen LogP contribution is -2.04. The predicted molar refractivity (Wildman–Crippen MR) is 73.3 cm³/mol. The zero-order valence-corrected chi connectivity index (χ0v) is 11.4. The van der Waals surface area contributed by atoms with Crippen LogP contribution in [0.1, 0.15) is 24.7 Å². The fourth-order valence-electron chi connectivity index (χ4n) is 1.60. The summed E-state index contributed by atoms with van der Waals surface area (Å²) in [5.41, 5.74) is 7.73. The van der Waals surface area contributed by atoms with Gasteiger partial charge in [0.15, 0.2) is 5.82 Å². The van der Waals surface area contributed by atoms with E-state index in [4.69, 9.17) is 5.73 Å². The molecule has 0 radical (unpaired) electrons. The van der Waals surface area contributed by atoms with Crippen molar-refractivity contribution in [3.8, 4) is 0 Å². The molecule has 2 aromatic rings. The Balaban J connectivity index is 2.02. The van der Waals surface area contributed by atoms with Gasteiger partial charge in [0.05, 0.1) is 5.75 Å². The number of tetrazole rings is 1. The number of hydrogen-bond donors (Lipinski definition) is 1. The molecular weight excluding hydrogens is 246 g/mol. The molecular formula is C12H17N5S. The molecule has 5 nitrogen and oxygen atoms in total. The first kappa shape index (κ1) is 12.9. The van der Waals surface area contributed by atoms with Crippen molar-refractivity contribution in [2.24, 2.45) is 0 Å². The van der Waals surface area contributed by atoms with Crippen LogP contribution in [0.2, 0.25) is 0 Å². The second-order valence-electron chi connectivity index (χ2n) is 4.13. The van der Waals surface area contributed by atoms with Crippen molar-refractivity contribution in [3.63, 3.8) is 0 Å². The van der Waals surface area contributed by atoms with E-state index in [-0.39, 0.29) is 0 Å². The SMILES string of the molecule is CCCn1nnnc1CSc1ccc(N)c(C)c1. The molecule has 6 heteroatoms. The van der Waals surface area contributed by atoms with E-state index in [0.29, 0.717) is 0 Å². The Kier molecular flexibility index (Phi) is 4.19. The molecule has 1 aromatic carbocycles. The molecule has 2 rings (SSSR count). The van der Waals surface area contributed by atoms with Gasteiger partial charge in [-0.1, -0.05) is 6.92 Å². The quantitative estimate of drug-likeness (QED) is 0.662. The van der Waals surface area contributed by atoms with E-state index in [0.717, 1.165) is 35.8 Å². The van der Waals surface area contributed by atoms with E-state index >= 15 is 0 Å². The minimum atomic E-state index is 0.774. The van der Waals surface area contributed by atoms with Crippen LogP contribution in [0.15, 0.2) is 23.1 Å². The summed E-state index contributed by atoms with van der Waals surface area (Å²) < 4.78 is 1.86.